The second-order valence-corrected chi connectivity index (χ2v) is 6.46. The summed E-state index contributed by atoms with van der Waals surface area (Å²) >= 11 is 0. The minimum absolute atomic E-state index is 0.234. The van der Waals surface area contributed by atoms with E-state index in [2.05, 4.69) is 16.4 Å². The van der Waals surface area contributed by atoms with Crippen LogP contribution in [-0.2, 0) is 6.42 Å². The molecule has 0 spiro atoms. The molecule has 4 nitrogen and oxygen atoms in total. The van der Waals surface area contributed by atoms with Crippen LogP contribution in [0.25, 0.3) is 0 Å². The highest BCUT2D eigenvalue weighted by molar-refractivity contribution is 6.04. The summed E-state index contributed by atoms with van der Waals surface area (Å²) in [4.78, 5) is 18.9. The van der Waals surface area contributed by atoms with E-state index in [1.54, 1.807) is 6.07 Å². The van der Waals surface area contributed by atoms with Gasteiger partial charge in [-0.1, -0.05) is 18.2 Å². The van der Waals surface area contributed by atoms with E-state index in [1.807, 2.05) is 23.1 Å². The molecule has 1 aliphatic heterocycles. The van der Waals surface area contributed by atoms with Crippen molar-refractivity contribution in [3.63, 3.8) is 0 Å². The number of amides is 1. The summed E-state index contributed by atoms with van der Waals surface area (Å²) < 4.78 is 40.3. The summed E-state index contributed by atoms with van der Waals surface area (Å²) in [5.41, 5.74) is 2.04. The Morgan fingerprint density at radius 1 is 1.04 bits per heavy atom. The molecular weight excluding hydrogens is 367 g/mol. The van der Waals surface area contributed by atoms with Crippen molar-refractivity contribution in [2.75, 3.05) is 16.8 Å². The van der Waals surface area contributed by atoms with E-state index in [1.165, 1.54) is 17.8 Å². The molecule has 1 amide bonds. The number of nitrogens with zero attached hydrogens (tertiary/aromatic N) is 2. The average molecular weight is 383 g/mol. The highest BCUT2D eigenvalue weighted by Gasteiger charge is 2.20. The fourth-order valence-electron chi connectivity index (χ4n) is 3.30. The molecule has 7 heteroatoms. The van der Waals surface area contributed by atoms with Crippen molar-refractivity contribution in [2.24, 2.45) is 0 Å². The molecule has 0 saturated heterocycles. The lowest BCUT2D eigenvalue weighted by atomic mass is 10.0. The third kappa shape index (κ3) is 3.31. The first-order valence-electron chi connectivity index (χ1n) is 8.81. The first kappa shape index (κ1) is 18.0. The number of hydrogen-bond donors (Lipinski definition) is 1. The predicted octanol–water partition coefficient (Wildman–Crippen LogP) is 4.84. The van der Waals surface area contributed by atoms with Gasteiger partial charge in [-0.15, -0.1) is 0 Å². The summed E-state index contributed by atoms with van der Waals surface area (Å²) in [6.45, 7) is 0.757. The van der Waals surface area contributed by atoms with Crippen molar-refractivity contribution < 1.29 is 18.0 Å². The van der Waals surface area contributed by atoms with E-state index >= 15 is 0 Å². The number of aryl methyl sites for hydroxylation is 1. The van der Waals surface area contributed by atoms with Crippen LogP contribution in [0.1, 0.15) is 22.3 Å². The maximum atomic E-state index is 13.8. The number of halogens is 3. The Bertz CT molecular complexity index is 1050. The lowest BCUT2D eigenvalue weighted by molar-refractivity contribution is 0.102. The maximum absolute atomic E-state index is 13.8. The smallest absolute Gasteiger partial charge is 0.255 e. The molecule has 0 unspecified atom stereocenters. The lowest BCUT2D eigenvalue weighted by Gasteiger charge is -2.30. The van der Waals surface area contributed by atoms with Crippen LogP contribution in [0.5, 0.6) is 0 Å². The van der Waals surface area contributed by atoms with Crippen LogP contribution in [0.2, 0.25) is 0 Å². The first-order valence-corrected chi connectivity index (χ1v) is 8.81. The van der Waals surface area contributed by atoms with Crippen LogP contribution in [0, 0.1) is 17.5 Å². The van der Waals surface area contributed by atoms with Crippen molar-refractivity contribution in [1.82, 2.24) is 4.98 Å². The number of carbonyl (C=O) groups excluding carboxylic acids is 1. The van der Waals surface area contributed by atoms with Gasteiger partial charge in [-0.3, -0.25) is 4.79 Å². The van der Waals surface area contributed by atoms with Gasteiger partial charge in [0, 0.05) is 24.0 Å². The molecule has 1 aliphatic rings. The number of nitrogens with one attached hydrogen (secondary N) is 1. The topological polar surface area (TPSA) is 45.2 Å². The standard InChI is InChI=1S/C21H16F3N3O/c22-15-7-8-16(20(24)19(15)23)26-21(28)14-9-10-25-18(12-14)27-11-3-5-13-4-1-2-6-17(13)27/h1-2,4,6-10,12H,3,5,11H2,(H,26,28). The number of anilines is 3. The minimum Gasteiger partial charge on any atom is -0.326 e. The predicted molar refractivity (Wildman–Crippen MR) is 100 cm³/mol. The number of hydrogen-bond acceptors (Lipinski definition) is 3. The van der Waals surface area contributed by atoms with Crippen LogP contribution in [0.4, 0.5) is 30.4 Å². The zero-order chi connectivity index (χ0) is 19.7. The van der Waals surface area contributed by atoms with Crippen molar-refractivity contribution in [2.45, 2.75) is 12.8 Å². The molecule has 4 rings (SSSR count). The molecule has 3 aromatic rings. The zero-order valence-electron chi connectivity index (χ0n) is 14.8. The zero-order valence-corrected chi connectivity index (χ0v) is 14.8. The molecule has 0 bridgehead atoms. The molecule has 1 N–H and O–H groups in total. The number of aromatic nitrogens is 1. The number of carbonyl (C=O) groups is 1. The molecule has 0 fully saturated rings. The molecule has 2 aromatic carbocycles. The molecule has 2 heterocycles. The summed E-state index contributed by atoms with van der Waals surface area (Å²) in [5.74, 6) is -4.43. The molecule has 0 radical (unpaired) electrons. The summed E-state index contributed by atoms with van der Waals surface area (Å²) in [5, 5.41) is 2.28. The summed E-state index contributed by atoms with van der Waals surface area (Å²) in [7, 11) is 0. The molecule has 142 valence electrons. The molecular formula is C21H16F3N3O. The van der Waals surface area contributed by atoms with Crippen molar-refractivity contribution in [3.8, 4) is 0 Å². The fraction of sp³-hybridized carbons (Fsp3) is 0.143. The van der Waals surface area contributed by atoms with Gasteiger partial charge in [0.15, 0.2) is 17.5 Å². The van der Waals surface area contributed by atoms with Gasteiger partial charge >= 0.3 is 0 Å². The van der Waals surface area contributed by atoms with Crippen LogP contribution in [-0.4, -0.2) is 17.4 Å². The van der Waals surface area contributed by atoms with Gasteiger partial charge in [0.1, 0.15) is 5.82 Å². The molecule has 0 aliphatic carbocycles. The Labute approximate surface area is 159 Å². The highest BCUT2D eigenvalue weighted by Crippen LogP contribution is 2.32. The van der Waals surface area contributed by atoms with E-state index in [9.17, 15) is 18.0 Å². The highest BCUT2D eigenvalue weighted by atomic mass is 19.2. The monoisotopic (exact) mass is 383 g/mol. The number of pyridine rings is 1. The Hall–Kier alpha value is -3.35. The van der Waals surface area contributed by atoms with Crippen molar-refractivity contribution in [1.29, 1.82) is 0 Å². The van der Waals surface area contributed by atoms with Gasteiger partial charge in [-0.05, 0) is 48.7 Å². The fourth-order valence-corrected chi connectivity index (χ4v) is 3.30. The number of para-hydroxylation sites is 1. The maximum Gasteiger partial charge on any atom is 0.255 e. The van der Waals surface area contributed by atoms with Gasteiger partial charge in [0.2, 0.25) is 0 Å². The Morgan fingerprint density at radius 3 is 2.71 bits per heavy atom. The van der Waals surface area contributed by atoms with Gasteiger partial charge in [-0.25, -0.2) is 18.2 Å². The molecule has 1 aromatic heterocycles. The van der Waals surface area contributed by atoms with E-state index < -0.39 is 29.0 Å². The SMILES string of the molecule is O=C(Nc1ccc(F)c(F)c1F)c1ccnc(N2CCCc3ccccc32)c1. The molecule has 28 heavy (non-hydrogen) atoms. The third-order valence-corrected chi connectivity index (χ3v) is 4.68. The van der Waals surface area contributed by atoms with Gasteiger partial charge in [0.25, 0.3) is 5.91 Å². The largest absolute Gasteiger partial charge is 0.326 e. The quantitative estimate of drug-likeness (QED) is 0.659. The lowest BCUT2D eigenvalue weighted by Crippen LogP contribution is -2.25. The third-order valence-electron chi connectivity index (χ3n) is 4.68. The van der Waals surface area contributed by atoms with E-state index in [0.29, 0.717) is 5.82 Å². The second-order valence-electron chi connectivity index (χ2n) is 6.46. The van der Waals surface area contributed by atoms with Crippen LogP contribution < -0.4 is 10.2 Å². The summed E-state index contributed by atoms with van der Waals surface area (Å²) in [6.07, 6.45) is 3.42. The van der Waals surface area contributed by atoms with Crippen molar-refractivity contribution in [3.05, 3.63) is 83.3 Å². The number of rotatable bonds is 3. The Balaban J connectivity index is 1.61. The average Bonchev–Trinajstić information content (AvgIpc) is 2.74. The molecule has 0 saturated carbocycles. The number of fused-ring (bicyclic) bond motifs is 1. The van der Waals surface area contributed by atoms with Crippen LogP contribution >= 0.6 is 0 Å². The van der Waals surface area contributed by atoms with Crippen LogP contribution in [0.15, 0.2) is 54.7 Å². The Kier molecular flexibility index (Phi) is 4.73. The van der Waals surface area contributed by atoms with Crippen LogP contribution in [0.3, 0.4) is 0 Å². The normalized spacial score (nSPS) is 13.2. The van der Waals surface area contributed by atoms with Gasteiger partial charge in [-0.2, -0.15) is 0 Å². The number of benzene rings is 2. The van der Waals surface area contributed by atoms with E-state index in [4.69, 9.17) is 0 Å². The van der Waals surface area contributed by atoms with E-state index in [-0.39, 0.29) is 5.56 Å². The Morgan fingerprint density at radius 2 is 1.86 bits per heavy atom. The first-order chi connectivity index (χ1) is 13.5. The summed E-state index contributed by atoms with van der Waals surface area (Å²) in [6, 6.07) is 12.8. The van der Waals surface area contributed by atoms with Gasteiger partial charge in [0.05, 0.1) is 5.69 Å². The minimum atomic E-state index is -1.63. The molecule has 0 atom stereocenters. The van der Waals surface area contributed by atoms with E-state index in [0.717, 1.165) is 37.2 Å². The van der Waals surface area contributed by atoms with Crippen molar-refractivity contribution >= 4 is 23.1 Å². The van der Waals surface area contributed by atoms with Gasteiger partial charge < -0.3 is 10.2 Å². The second kappa shape index (κ2) is 7.34.